The number of carbonyl (C=O) groups excluding carboxylic acids is 1. The van der Waals surface area contributed by atoms with Crippen LogP contribution in [0, 0.1) is 5.82 Å². The van der Waals surface area contributed by atoms with Gasteiger partial charge in [0.15, 0.2) is 0 Å². The Bertz CT molecular complexity index is 1370. The zero-order valence-electron chi connectivity index (χ0n) is 22.7. The van der Waals surface area contributed by atoms with Crippen LogP contribution in [0.1, 0.15) is 48.0 Å². The lowest BCUT2D eigenvalue weighted by Gasteiger charge is -2.29. The fraction of sp³-hybridized carbons (Fsp3) is 0.560. The second-order valence-corrected chi connectivity index (χ2v) is 12.0. The molecule has 0 radical (unpaired) electrons. The number of aromatic nitrogens is 2. The second-order valence-electron chi connectivity index (χ2n) is 10.2. The molecule has 1 saturated heterocycles. The normalized spacial score (nSPS) is 20.6. The smallest absolute Gasteiger partial charge is 0.423 e. The molecule has 1 aromatic heterocycles. The Hall–Kier alpha value is -3.24. The second kappa shape index (κ2) is 12.3. The van der Waals surface area contributed by atoms with E-state index in [1.807, 2.05) is 7.05 Å². The Kier molecular flexibility index (Phi) is 9.23. The molecule has 1 saturated carbocycles. The number of likely N-dealkylation sites (tertiary alicyclic amines) is 1. The molecule has 1 aliphatic carbocycles. The number of anilines is 2. The number of rotatable bonds is 9. The summed E-state index contributed by atoms with van der Waals surface area (Å²) >= 11 is 0. The Labute approximate surface area is 235 Å². The Balaban J connectivity index is 1.57. The Morgan fingerprint density at radius 1 is 1.15 bits per heavy atom. The molecule has 2 heterocycles. The topological polar surface area (TPSA) is 135 Å². The number of ether oxygens (including phenoxy) is 2. The van der Waals surface area contributed by atoms with Gasteiger partial charge in [0.1, 0.15) is 23.2 Å². The van der Waals surface area contributed by atoms with Crippen molar-refractivity contribution in [2.45, 2.75) is 56.5 Å². The molecule has 1 amide bonds. The average molecular weight is 605 g/mol. The third-order valence-electron chi connectivity index (χ3n) is 6.97. The molecule has 41 heavy (non-hydrogen) atoms. The van der Waals surface area contributed by atoms with Crippen LogP contribution in [0.5, 0.6) is 11.6 Å². The maximum atomic E-state index is 15.0. The van der Waals surface area contributed by atoms with Crippen LogP contribution in [0.4, 0.5) is 29.2 Å². The lowest BCUT2D eigenvalue weighted by Crippen LogP contribution is -2.43. The highest BCUT2D eigenvalue weighted by Crippen LogP contribution is 2.38. The first-order valence-electron chi connectivity index (χ1n) is 13.0. The van der Waals surface area contributed by atoms with Crippen LogP contribution < -0.4 is 24.8 Å². The van der Waals surface area contributed by atoms with Crippen molar-refractivity contribution < 1.29 is 40.2 Å². The van der Waals surface area contributed by atoms with Gasteiger partial charge in [0, 0.05) is 18.3 Å². The predicted octanol–water partition coefficient (Wildman–Crippen LogP) is 3.06. The van der Waals surface area contributed by atoms with E-state index in [2.05, 4.69) is 30.2 Å². The maximum absolute atomic E-state index is 15.0. The molecular formula is C25H32F4N6O5S. The van der Waals surface area contributed by atoms with Crippen molar-refractivity contribution in [3.05, 3.63) is 35.3 Å². The van der Waals surface area contributed by atoms with E-state index in [4.69, 9.17) is 9.47 Å². The first-order chi connectivity index (χ1) is 19.2. The highest BCUT2D eigenvalue weighted by Gasteiger charge is 2.39. The molecule has 3 N–H and O–H groups in total. The monoisotopic (exact) mass is 604 g/mol. The van der Waals surface area contributed by atoms with Crippen molar-refractivity contribution >= 4 is 27.6 Å². The van der Waals surface area contributed by atoms with E-state index >= 15 is 4.39 Å². The largest absolute Gasteiger partial charge is 0.495 e. The van der Waals surface area contributed by atoms with Gasteiger partial charge in [0.2, 0.25) is 21.9 Å². The first kappa shape index (κ1) is 30.7. The summed E-state index contributed by atoms with van der Waals surface area (Å²) in [6.45, 7) is 1.60. The fourth-order valence-electron chi connectivity index (χ4n) is 4.86. The van der Waals surface area contributed by atoms with Crippen LogP contribution >= 0.6 is 0 Å². The fourth-order valence-corrected chi connectivity index (χ4v) is 5.68. The molecule has 1 aliphatic heterocycles. The number of sulfonamides is 1. The third kappa shape index (κ3) is 7.95. The van der Waals surface area contributed by atoms with E-state index in [1.54, 1.807) is 0 Å². The highest BCUT2D eigenvalue weighted by molar-refractivity contribution is 7.88. The summed E-state index contributed by atoms with van der Waals surface area (Å²) < 4.78 is 92.8. The summed E-state index contributed by atoms with van der Waals surface area (Å²) in [6, 6.07) is 1.31. The minimum atomic E-state index is -4.86. The zero-order valence-corrected chi connectivity index (χ0v) is 23.5. The number of nitrogens with one attached hydrogen (secondary N) is 3. The number of halogens is 4. The molecule has 1 aromatic carbocycles. The molecule has 2 aromatic rings. The number of methoxy groups -OCH3 is 1. The van der Waals surface area contributed by atoms with E-state index in [0.717, 1.165) is 38.3 Å². The molecule has 0 spiro atoms. The molecular weight excluding hydrogens is 572 g/mol. The molecule has 2 atom stereocenters. The predicted molar refractivity (Wildman–Crippen MR) is 141 cm³/mol. The molecule has 2 aliphatic rings. The van der Waals surface area contributed by atoms with Gasteiger partial charge in [0.05, 0.1) is 30.7 Å². The summed E-state index contributed by atoms with van der Waals surface area (Å²) in [6.07, 6.45) is -1.63. The van der Waals surface area contributed by atoms with E-state index in [9.17, 15) is 26.4 Å². The zero-order chi connectivity index (χ0) is 29.9. The maximum Gasteiger partial charge on any atom is 0.423 e. The first-order valence-corrected chi connectivity index (χ1v) is 14.8. The Morgan fingerprint density at radius 2 is 1.85 bits per heavy atom. The quantitative estimate of drug-likeness (QED) is 0.369. The van der Waals surface area contributed by atoms with E-state index in [1.165, 1.54) is 13.2 Å². The number of benzene rings is 1. The standard InChI is InChI=1S/C25H32F4N6O5S/c1-35-9-7-14(8-10-35)31-22(36)15-11-21(39-2)19(12-17(15)26)32-24-30-13-16(25(27,28)29)23(33-24)40-20-6-4-5-18(20)34-41(3,37)38/h11-14,18,20,34H,4-10H2,1-3H3,(H,31,36)(H,30,32,33)/t18-,20-/m1/s1. The van der Waals surface area contributed by atoms with Crippen molar-refractivity contribution in [2.24, 2.45) is 0 Å². The summed E-state index contributed by atoms with van der Waals surface area (Å²) in [5.41, 5.74) is -1.55. The van der Waals surface area contributed by atoms with Gasteiger partial charge in [-0.2, -0.15) is 18.2 Å². The number of amides is 1. The van der Waals surface area contributed by atoms with Gasteiger partial charge >= 0.3 is 6.18 Å². The van der Waals surface area contributed by atoms with Crippen LogP contribution in [-0.2, 0) is 16.2 Å². The number of carbonyl (C=O) groups is 1. The van der Waals surface area contributed by atoms with Crippen LogP contribution in [0.2, 0.25) is 0 Å². The molecule has 4 rings (SSSR count). The van der Waals surface area contributed by atoms with Crippen LogP contribution in [0.25, 0.3) is 0 Å². The van der Waals surface area contributed by atoms with Gasteiger partial charge < -0.3 is 25.0 Å². The molecule has 0 unspecified atom stereocenters. The SMILES string of the molecule is COc1cc(C(=O)NC2CCN(C)CC2)c(F)cc1Nc1ncc(C(F)(F)F)c(O[C@@H]2CCC[C@H]2NS(C)(=O)=O)n1. The molecule has 226 valence electrons. The summed E-state index contributed by atoms with van der Waals surface area (Å²) in [4.78, 5) is 22.5. The highest BCUT2D eigenvalue weighted by atomic mass is 32.2. The number of piperidine rings is 1. The van der Waals surface area contributed by atoms with Crippen LogP contribution in [0.3, 0.4) is 0 Å². The average Bonchev–Trinajstić information content (AvgIpc) is 3.29. The van der Waals surface area contributed by atoms with Crippen LogP contribution in [-0.4, -0.2) is 80.9 Å². The van der Waals surface area contributed by atoms with E-state index in [0.29, 0.717) is 25.5 Å². The Morgan fingerprint density at radius 3 is 2.49 bits per heavy atom. The van der Waals surface area contributed by atoms with Crippen molar-refractivity contribution in [2.75, 3.05) is 38.8 Å². The minimum absolute atomic E-state index is 0.0269. The van der Waals surface area contributed by atoms with Gasteiger partial charge in [-0.05, 0) is 58.3 Å². The molecule has 11 nitrogen and oxygen atoms in total. The number of alkyl halides is 3. The van der Waals surface area contributed by atoms with Gasteiger partial charge in [-0.1, -0.05) is 0 Å². The molecule has 16 heteroatoms. The number of hydrogen-bond donors (Lipinski definition) is 3. The van der Waals surface area contributed by atoms with Crippen molar-refractivity contribution in [3.8, 4) is 11.6 Å². The minimum Gasteiger partial charge on any atom is -0.495 e. The van der Waals surface area contributed by atoms with E-state index < -0.39 is 51.5 Å². The molecule has 2 fully saturated rings. The lowest BCUT2D eigenvalue weighted by atomic mass is 10.0. The van der Waals surface area contributed by atoms with Crippen molar-refractivity contribution in [1.82, 2.24) is 24.9 Å². The van der Waals surface area contributed by atoms with Crippen molar-refractivity contribution in [1.29, 1.82) is 0 Å². The van der Waals surface area contributed by atoms with Gasteiger partial charge in [-0.25, -0.2) is 22.5 Å². The van der Waals surface area contributed by atoms with Gasteiger partial charge in [0.25, 0.3) is 5.91 Å². The van der Waals surface area contributed by atoms with E-state index in [-0.39, 0.29) is 29.0 Å². The summed E-state index contributed by atoms with van der Waals surface area (Å²) in [7, 11) is -0.366. The number of hydrogen-bond acceptors (Lipinski definition) is 9. The third-order valence-corrected chi connectivity index (χ3v) is 7.71. The lowest BCUT2D eigenvalue weighted by molar-refractivity contribution is -0.140. The summed E-state index contributed by atoms with van der Waals surface area (Å²) in [5, 5.41) is 5.45. The van der Waals surface area contributed by atoms with Gasteiger partial charge in [-0.3, -0.25) is 4.79 Å². The molecule has 0 bridgehead atoms. The summed E-state index contributed by atoms with van der Waals surface area (Å²) in [5.74, 6) is -2.64. The van der Waals surface area contributed by atoms with Gasteiger partial charge in [-0.15, -0.1) is 0 Å². The van der Waals surface area contributed by atoms with Crippen LogP contribution in [0.15, 0.2) is 18.3 Å². The number of nitrogens with zero attached hydrogens (tertiary/aromatic N) is 3. The van der Waals surface area contributed by atoms with Crippen molar-refractivity contribution in [3.63, 3.8) is 0 Å².